The van der Waals surface area contributed by atoms with Gasteiger partial charge >= 0.3 is 0 Å². The first-order chi connectivity index (χ1) is 3.27. The van der Waals surface area contributed by atoms with Crippen LogP contribution in [0.5, 0.6) is 0 Å². The van der Waals surface area contributed by atoms with E-state index in [-0.39, 0.29) is 0 Å². The van der Waals surface area contributed by atoms with Crippen LogP contribution in [0.3, 0.4) is 0 Å². The van der Waals surface area contributed by atoms with Gasteiger partial charge in [0.05, 0.1) is 0 Å². The highest BCUT2D eigenvalue weighted by Gasteiger charge is 1.84. The highest BCUT2D eigenvalue weighted by molar-refractivity contribution is 4.70. The molecule has 0 aliphatic heterocycles. The molecule has 0 nitrogen and oxygen atoms in total. The van der Waals surface area contributed by atoms with E-state index in [2.05, 4.69) is 26.0 Å². The second-order valence-corrected chi connectivity index (χ2v) is 2.12. The van der Waals surface area contributed by atoms with Gasteiger partial charge < -0.3 is 0 Å². The van der Waals surface area contributed by atoms with E-state index < -0.39 is 0 Å². The molecule has 0 aromatic carbocycles. The van der Waals surface area contributed by atoms with Crippen molar-refractivity contribution >= 4 is 0 Å². The van der Waals surface area contributed by atoms with Crippen LogP contribution in [0.25, 0.3) is 0 Å². The molecule has 0 N–H and O–H groups in total. The van der Waals surface area contributed by atoms with Gasteiger partial charge in [0.15, 0.2) is 0 Å². The lowest BCUT2D eigenvalue weighted by atomic mass is 10.1. The monoisotopic (exact) mass is 97.1 g/mol. The standard InChI is InChI=1S/C7H13/c1-4-5-6-7(2)3/h5,7H,6H2,1-3H3. The average molecular weight is 97.2 g/mol. The van der Waals surface area contributed by atoms with Crippen LogP contribution in [0, 0.1) is 12.0 Å². The summed E-state index contributed by atoms with van der Waals surface area (Å²) in [5.41, 5.74) is 0. The molecule has 0 amide bonds. The van der Waals surface area contributed by atoms with Gasteiger partial charge in [-0.1, -0.05) is 26.0 Å². The number of hydrogen-bond acceptors (Lipinski definition) is 0. The lowest BCUT2D eigenvalue weighted by Crippen LogP contribution is -1.79. The van der Waals surface area contributed by atoms with Crippen LogP contribution in [0.2, 0.25) is 0 Å². The molecular formula is C7H13. The van der Waals surface area contributed by atoms with E-state index in [1.165, 1.54) is 0 Å². The highest BCUT2D eigenvalue weighted by atomic mass is 13.9. The fourth-order valence-electron chi connectivity index (χ4n) is 0.354. The van der Waals surface area contributed by atoms with Crippen molar-refractivity contribution in [1.29, 1.82) is 0 Å². The molecule has 1 radical (unpaired) electrons. The molecule has 0 fully saturated rings. The summed E-state index contributed by atoms with van der Waals surface area (Å²) in [5, 5.41) is 0. The Labute approximate surface area is 46.2 Å². The summed E-state index contributed by atoms with van der Waals surface area (Å²) in [5.74, 6) is 0.785. The first kappa shape index (κ1) is 6.74. The number of hydrogen-bond donors (Lipinski definition) is 0. The molecule has 41 valence electrons. The molecule has 0 heterocycles. The fraction of sp³-hybridized carbons (Fsp3) is 0.714. The Balaban J connectivity index is 2.97. The third kappa shape index (κ3) is 5.74. The third-order valence-corrected chi connectivity index (χ3v) is 0.793. The molecule has 0 rings (SSSR count). The van der Waals surface area contributed by atoms with Crippen LogP contribution < -0.4 is 0 Å². The molecule has 0 atom stereocenters. The molecule has 0 bridgehead atoms. The van der Waals surface area contributed by atoms with Gasteiger partial charge in [0.1, 0.15) is 0 Å². The normalized spacial score (nSPS) is 11.4. The molecule has 0 unspecified atom stereocenters. The summed E-state index contributed by atoms with van der Waals surface area (Å²) in [6, 6.07) is 0. The summed E-state index contributed by atoms with van der Waals surface area (Å²) in [6.45, 7) is 6.34. The van der Waals surface area contributed by atoms with Gasteiger partial charge in [0.2, 0.25) is 0 Å². The first-order valence-corrected chi connectivity index (χ1v) is 2.76. The molecule has 0 aromatic heterocycles. The second-order valence-electron chi connectivity index (χ2n) is 2.12. The Morgan fingerprint density at radius 3 is 2.29 bits per heavy atom. The van der Waals surface area contributed by atoms with Crippen molar-refractivity contribution in [2.24, 2.45) is 5.92 Å². The minimum absolute atomic E-state index is 0.785. The average Bonchev–Trinajstić information content (AvgIpc) is 1.61. The maximum atomic E-state index is 2.97. The molecular weight excluding hydrogens is 84.1 g/mol. The van der Waals surface area contributed by atoms with Crippen LogP contribution in [0.1, 0.15) is 27.2 Å². The van der Waals surface area contributed by atoms with Gasteiger partial charge in [0.25, 0.3) is 0 Å². The summed E-state index contributed by atoms with van der Waals surface area (Å²) >= 11 is 0. The molecule has 0 spiro atoms. The van der Waals surface area contributed by atoms with Crippen molar-refractivity contribution in [3.8, 4) is 0 Å². The van der Waals surface area contributed by atoms with Crippen LogP contribution in [0.15, 0.2) is 6.08 Å². The third-order valence-electron chi connectivity index (χ3n) is 0.793. The molecule has 0 heteroatoms. The predicted molar refractivity (Wildman–Crippen MR) is 32.9 cm³/mol. The predicted octanol–water partition coefficient (Wildman–Crippen LogP) is 2.41. The fourth-order valence-corrected chi connectivity index (χ4v) is 0.354. The van der Waals surface area contributed by atoms with E-state index in [4.69, 9.17) is 0 Å². The number of allylic oxidation sites excluding steroid dienone is 2. The maximum Gasteiger partial charge on any atom is -0.0322 e. The van der Waals surface area contributed by atoms with E-state index in [1.54, 1.807) is 0 Å². The van der Waals surface area contributed by atoms with Crippen LogP contribution in [0.4, 0.5) is 0 Å². The Morgan fingerprint density at radius 2 is 2.14 bits per heavy atom. The zero-order valence-corrected chi connectivity index (χ0v) is 5.36. The molecule has 0 aliphatic rings. The second kappa shape index (κ2) is 3.91. The zero-order valence-electron chi connectivity index (χ0n) is 5.36. The SMILES string of the molecule is C/[C]=C\CC(C)C. The molecule has 7 heavy (non-hydrogen) atoms. The molecule has 0 aliphatic carbocycles. The smallest absolute Gasteiger partial charge is 0.0322 e. The Bertz CT molecular complexity index is 51.1. The Hall–Kier alpha value is -0.260. The summed E-state index contributed by atoms with van der Waals surface area (Å²) in [6.07, 6.45) is 6.21. The minimum atomic E-state index is 0.785. The quantitative estimate of drug-likeness (QED) is 0.496. The van der Waals surface area contributed by atoms with Crippen LogP contribution in [-0.4, -0.2) is 0 Å². The van der Waals surface area contributed by atoms with E-state index in [0.29, 0.717) is 0 Å². The van der Waals surface area contributed by atoms with Crippen molar-refractivity contribution < 1.29 is 0 Å². The van der Waals surface area contributed by atoms with E-state index >= 15 is 0 Å². The summed E-state index contributed by atoms with van der Waals surface area (Å²) in [4.78, 5) is 0. The lowest BCUT2D eigenvalue weighted by molar-refractivity contribution is 0.662. The number of rotatable bonds is 2. The van der Waals surface area contributed by atoms with E-state index in [1.807, 2.05) is 6.92 Å². The molecule has 0 saturated heterocycles. The highest BCUT2D eigenvalue weighted by Crippen LogP contribution is 1.98. The van der Waals surface area contributed by atoms with Gasteiger partial charge in [-0.25, -0.2) is 0 Å². The van der Waals surface area contributed by atoms with Crippen LogP contribution in [-0.2, 0) is 0 Å². The largest absolute Gasteiger partial charge is 0.0811 e. The Morgan fingerprint density at radius 1 is 1.57 bits per heavy atom. The van der Waals surface area contributed by atoms with Crippen molar-refractivity contribution in [1.82, 2.24) is 0 Å². The van der Waals surface area contributed by atoms with Crippen molar-refractivity contribution in [2.45, 2.75) is 27.2 Å². The minimum Gasteiger partial charge on any atom is -0.0811 e. The zero-order chi connectivity index (χ0) is 5.70. The van der Waals surface area contributed by atoms with E-state index in [9.17, 15) is 0 Å². The van der Waals surface area contributed by atoms with Gasteiger partial charge in [-0.05, 0) is 19.3 Å². The van der Waals surface area contributed by atoms with Crippen molar-refractivity contribution in [3.63, 3.8) is 0 Å². The summed E-state index contributed by atoms with van der Waals surface area (Å²) < 4.78 is 0. The van der Waals surface area contributed by atoms with Gasteiger partial charge in [0, 0.05) is 0 Å². The molecule has 0 saturated carbocycles. The van der Waals surface area contributed by atoms with E-state index in [0.717, 1.165) is 12.3 Å². The Kier molecular flexibility index (Phi) is 3.77. The topological polar surface area (TPSA) is 0 Å². The first-order valence-electron chi connectivity index (χ1n) is 2.76. The molecule has 0 aromatic rings. The summed E-state index contributed by atoms with van der Waals surface area (Å²) in [7, 11) is 0. The van der Waals surface area contributed by atoms with Gasteiger partial charge in [-0.15, -0.1) is 0 Å². The maximum absolute atomic E-state index is 2.97. The van der Waals surface area contributed by atoms with Gasteiger partial charge in [-0.2, -0.15) is 0 Å². The van der Waals surface area contributed by atoms with Gasteiger partial charge in [-0.3, -0.25) is 0 Å². The van der Waals surface area contributed by atoms with Crippen molar-refractivity contribution in [3.05, 3.63) is 12.2 Å². The van der Waals surface area contributed by atoms with Crippen molar-refractivity contribution in [2.75, 3.05) is 0 Å². The lowest BCUT2D eigenvalue weighted by Gasteiger charge is -1.93. The van der Waals surface area contributed by atoms with Crippen LogP contribution >= 0.6 is 0 Å².